The van der Waals surface area contributed by atoms with Crippen LogP contribution < -0.4 is 5.32 Å². The van der Waals surface area contributed by atoms with E-state index in [1.54, 1.807) is 6.07 Å². The summed E-state index contributed by atoms with van der Waals surface area (Å²) in [4.78, 5) is 0. The third-order valence-electron chi connectivity index (χ3n) is 2.65. The minimum atomic E-state index is -4.61. The number of benzene rings is 2. The fourth-order valence-corrected chi connectivity index (χ4v) is 2.04. The molecule has 0 fully saturated rings. The van der Waals surface area contributed by atoms with Crippen LogP contribution in [0.25, 0.3) is 0 Å². The number of hydrogen-bond donors (Lipinski definition) is 1. The normalized spacial score (nSPS) is 11.0. The van der Waals surface area contributed by atoms with E-state index in [-0.39, 0.29) is 5.69 Å². The molecule has 0 aliphatic heterocycles. The molecule has 0 saturated heterocycles. The number of rotatable bonds is 2. The van der Waals surface area contributed by atoms with E-state index in [1.165, 1.54) is 24.3 Å². The van der Waals surface area contributed by atoms with E-state index >= 15 is 0 Å². The van der Waals surface area contributed by atoms with Gasteiger partial charge in [0, 0.05) is 10.7 Å². The van der Waals surface area contributed by atoms with E-state index in [9.17, 15) is 13.2 Å². The molecule has 0 unspecified atom stereocenters. The summed E-state index contributed by atoms with van der Waals surface area (Å²) in [6.45, 7) is 0. The number of halogens is 5. The van der Waals surface area contributed by atoms with Gasteiger partial charge in [0.25, 0.3) is 0 Å². The van der Waals surface area contributed by atoms with Crippen molar-refractivity contribution in [3.05, 3.63) is 57.6 Å². The van der Waals surface area contributed by atoms with E-state index in [4.69, 9.17) is 28.5 Å². The van der Waals surface area contributed by atoms with Crippen LogP contribution in [0.4, 0.5) is 24.5 Å². The molecule has 7 heteroatoms. The standard InChI is InChI=1S/C14H7Cl2F3N2/c15-9-2-4-12(16)13(5-9)21-10-3-1-8(7-20)11(6-10)14(17,18)19/h1-6,21H. The van der Waals surface area contributed by atoms with Crippen molar-refractivity contribution in [2.24, 2.45) is 0 Å². The monoisotopic (exact) mass is 330 g/mol. The fourth-order valence-electron chi connectivity index (χ4n) is 1.70. The Kier molecular flexibility index (Phi) is 4.31. The molecule has 0 aliphatic rings. The van der Waals surface area contributed by atoms with E-state index in [2.05, 4.69) is 5.32 Å². The molecule has 108 valence electrons. The Morgan fingerprint density at radius 3 is 2.38 bits per heavy atom. The van der Waals surface area contributed by atoms with Crippen LogP contribution in [0.3, 0.4) is 0 Å². The third kappa shape index (κ3) is 3.60. The van der Waals surface area contributed by atoms with Crippen LogP contribution in [0, 0.1) is 11.3 Å². The molecule has 21 heavy (non-hydrogen) atoms. The largest absolute Gasteiger partial charge is 0.417 e. The first kappa shape index (κ1) is 15.5. The summed E-state index contributed by atoms with van der Waals surface area (Å²) in [6.07, 6.45) is -4.61. The lowest BCUT2D eigenvalue weighted by Crippen LogP contribution is -2.08. The molecule has 0 spiro atoms. The van der Waals surface area contributed by atoms with Crippen LogP contribution in [0.2, 0.25) is 10.0 Å². The van der Waals surface area contributed by atoms with Gasteiger partial charge in [-0.3, -0.25) is 0 Å². The van der Waals surface area contributed by atoms with Gasteiger partial charge < -0.3 is 5.32 Å². The minimum absolute atomic E-state index is 0.158. The number of hydrogen-bond acceptors (Lipinski definition) is 2. The Morgan fingerprint density at radius 1 is 1.05 bits per heavy atom. The van der Waals surface area contributed by atoms with Gasteiger partial charge in [-0.05, 0) is 36.4 Å². The maximum Gasteiger partial charge on any atom is 0.417 e. The van der Waals surface area contributed by atoms with Crippen LogP contribution in [0.1, 0.15) is 11.1 Å². The van der Waals surface area contributed by atoms with Crippen LogP contribution in [-0.4, -0.2) is 0 Å². The lowest BCUT2D eigenvalue weighted by molar-refractivity contribution is -0.137. The van der Waals surface area contributed by atoms with E-state index in [0.29, 0.717) is 15.7 Å². The molecule has 2 aromatic carbocycles. The Balaban J connectivity index is 2.42. The second-order valence-electron chi connectivity index (χ2n) is 4.12. The maximum atomic E-state index is 12.9. The molecule has 1 N–H and O–H groups in total. The second kappa shape index (κ2) is 5.84. The highest BCUT2D eigenvalue weighted by Gasteiger charge is 2.33. The topological polar surface area (TPSA) is 35.8 Å². The maximum absolute atomic E-state index is 12.9. The first-order chi connectivity index (χ1) is 9.81. The molecule has 0 heterocycles. The molecule has 0 atom stereocenters. The first-order valence-corrected chi connectivity index (χ1v) is 6.40. The molecule has 0 saturated carbocycles. The fraction of sp³-hybridized carbons (Fsp3) is 0.0714. The number of nitriles is 1. The van der Waals surface area contributed by atoms with Crippen molar-refractivity contribution in [2.75, 3.05) is 5.32 Å². The highest BCUT2D eigenvalue weighted by Crippen LogP contribution is 2.35. The van der Waals surface area contributed by atoms with Crippen molar-refractivity contribution in [1.82, 2.24) is 0 Å². The van der Waals surface area contributed by atoms with Gasteiger partial charge in [-0.1, -0.05) is 23.2 Å². The number of nitrogens with zero attached hydrogens (tertiary/aromatic N) is 1. The molecular formula is C14H7Cl2F3N2. The summed E-state index contributed by atoms with van der Waals surface area (Å²) in [7, 11) is 0. The van der Waals surface area contributed by atoms with E-state index in [0.717, 1.165) is 12.1 Å². The molecule has 0 amide bonds. The van der Waals surface area contributed by atoms with E-state index in [1.807, 2.05) is 0 Å². The summed E-state index contributed by atoms with van der Waals surface area (Å²) < 4.78 is 38.6. The Labute approximate surface area is 128 Å². The highest BCUT2D eigenvalue weighted by molar-refractivity contribution is 6.35. The van der Waals surface area contributed by atoms with Crippen molar-refractivity contribution >= 4 is 34.6 Å². The first-order valence-electron chi connectivity index (χ1n) is 5.64. The lowest BCUT2D eigenvalue weighted by Gasteiger charge is -2.13. The lowest BCUT2D eigenvalue weighted by atomic mass is 10.1. The molecular weight excluding hydrogens is 324 g/mol. The number of alkyl halides is 3. The summed E-state index contributed by atoms with van der Waals surface area (Å²) in [5, 5.41) is 12.2. The Bertz CT molecular complexity index is 721. The summed E-state index contributed by atoms with van der Waals surface area (Å²) in [5.41, 5.74) is -0.911. The van der Waals surface area contributed by atoms with Crippen molar-refractivity contribution in [3.63, 3.8) is 0 Å². The van der Waals surface area contributed by atoms with Gasteiger partial charge in [-0.2, -0.15) is 18.4 Å². The van der Waals surface area contributed by atoms with Gasteiger partial charge in [0.15, 0.2) is 0 Å². The number of anilines is 2. The predicted octanol–water partition coefficient (Wildman–Crippen LogP) is 5.63. The van der Waals surface area contributed by atoms with Crippen LogP contribution in [-0.2, 0) is 6.18 Å². The molecule has 0 bridgehead atoms. The zero-order valence-electron chi connectivity index (χ0n) is 10.3. The number of nitrogens with one attached hydrogen (secondary N) is 1. The van der Waals surface area contributed by atoms with Crippen molar-refractivity contribution in [3.8, 4) is 6.07 Å². The molecule has 0 aliphatic carbocycles. The average Bonchev–Trinajstić information content (AvgIpc) is 2.42. The van der Waals surface area contributed by atoms with Gasteiger partial charge in [-0.15, -0.1) is 0 Å². The average molecular weight is 331 g/mol. The molecule has 2 nitrogen and oxygen atoms in total. The van der Waals surface area contributed by atoms with Crippen molar-refractivity contribution in [2.45, 2.75) is 6.18 Å². The van der Waals surface area contributed by atoms with Crippen LogP contribution in [0.5, 0.6) is 0 Å². The minimum Gasteiger partial charge on any atom is -0.354 e. The van der Waals surface area contributed by atoms with Crippen LogP contribution >= 0.6 is 23.2 Å². The van der Waals surface area contributed by atoms with Gasteiger partial charge in [-0.25, -0.2) is 0 Å². The highest BCUT2D eigenvalue weighted by atomic mass is 35.5. The predicted molar refractivity (Wildman–Crippen MR) is 75.9 cm³/mol. The van der Waals surface area contributed by atoms with E-state index < -0.39 is 17.3 Å². The van der Waals surface area contributed by atoms with Crippen molar-refractivity contribution in [1.29, 1.82) is 5.26 Å². The zero-order valence-corrected chi connectivity index (χ0v) is 11.8. The Morgan fingerprint density at radius 2 is 1.76 bits per heavy atom. The van der Waals surface area contributed by atoms with Crippen molar-refractivity contribution < 1.29 is 13.2 Å². The summed E-state index contributed by atoms with van der Waals surface area (Å²) >= 11 is 11.8. The molecule has 2 rings (SSSR count). The zero-order chi connectivity index (χ0) is 15.6. The molecule has 0 radical (unpaired) electrons. The molecule has 0 aromatic heterocycles. The molecule has 2 aromatic rings. The summed E-state index contributed by atoms with van der Waals surface area (Å²) in [5.74, 6) is 0. The second-order valence-corrected chi connectivity index (χ2v) is 4.96. The summed E-state index contributed by atoms with van der Waals surface area (Å²) in [6, 6.07) is 9.43. The van der Waals surface area contributed by atoms with Gasteiger partial charge in [0.1, 0.15) is 0 Å². The van der Waals surface area contributed by atoms with Gasteiger partial charge in [0.05, 0.1) is 27.9 Å². The van der Waals surface area contributed by atoms with Gasteiger partial charge in [0.2, 0.25) is 0 Å². The quantitative estimate of drug-likeness (QED) is 0.774. The third-order valence-corrected chi connectivity index (χ3v) is 3.22. The Hall–Kier alpha value is -1.90. The smallest absolute Gasteiger partial charge is 0.354 e. The SMILES string of the molecule is N#Cc1ccc(Nc2cc(Cl)ccc2Cl)cc1C(F)(F)F. The van der Waals surface area contributed by atoms with Gasteiger partial charge >= 0.3 is 6.18 Å². The van der Waals surface area contributed by atoms with Crippen LogP contribution in [0.15, 0.2) is 36.4 Å².